The lowest BCUT2D eigenvalue weighted by atomic mass is 10.2. The molecule has 0 saturated carbocycles. The van der Waals surface area contributed by atoms with Gasteiger partial charge in [0.1, 0.15) is 0 Å². The molecule has 0 aliphatic heterocycles. The molecule has 0 radical (unpaired) electrons. The molecule has 0 unspecified atom stereocenters. The van der Waals surface area contributed by atoms with Crippen LogP contribution in [0.2, 0.25) is 10.0 Å². The highest BCUT2D eigenvalue weighted by Crippen LogP contribution is 2.20. The van der Waals surface area contributed by atoms with E-state index in [9.17, 15) is 9.59 Å². The van der Waals surface area contributed by atoms with Gasteiger partial charge in [-0.05, 0) is 42.7 Å². The van der Waals surface area contributed by atoms with Crippen LogP contribution in [0.4, 0.5) is 5.69 Å². The molecule has 23 heavy (non-hydrogen) atoms. The maximum absolute atomic E-state index is 11.9. The second kappa shape index (κ2) is 8.24. The number of amides is 1. The zero-order chi connectivity index (χ0) is 16.8. The number of carbonyl (C=O) groups is 2. The summed E-state index contributed by atoms with van der Waals surface area (Å²) in [5.41, 5.74) is 0.836. The molecule has 0 aliphatic carbocycles. The van der Waals surface area contributed by atoms with Crippen LogP contribution in [0.5, 0.6) is 0 Å². The largest absolute Gasteiger partial charge is 0.452 e. The molecule has 7 heteroatoms. The van der Waals surface area contributed by atoms with Crippen molar-refractivity contribution in [2.75, 3.05) is 18.2 Å². The quantitative estimate of drug-likeness (QED) is 0.622. The van der Waals surface area contributed by atoms with Crippen molar-refractivity contribution in [3.63, 3.8) is 0 Å². The van der Waals surface area contributed by atoms with Gasteiger partial charge in [0.25, 0.3) is 5.91 Å². The van der Waals surface area contributed by atoms with Crippen LogP contribution in [-0.4, -0.2) is 24.7 Å². The van der Waals surface area contributed by atoms with Gasteiger partial charge in [0.05, 0.1) is 5.56 Å². The van der Waals surface area contributed by atoms with Crippen molar-refractivity contribution in [1.82, 2.24) is 0 Å². The van der Waals surface area contributed by atoms with E-state index >= 15 is 0 Å². The SMILES string of the molecule is CSc1cccc(NC(=O)COC(=O)c2cc(Cl)cc(Cl)c2)c1. The van der Waals surface area contributed by atoms with Crippen LogP contribution in [0, 0.1) is 0 Å². The minimum atomic E-state index is -0.664. The lowest BCUT2D eigenvalue weighted by Gasteiger charge is -2.08. The fourth-order valence-corrected chi connectivity index (χ4v) is 2.77. The Hall–Kier alpha value is -1.69. The molecular formula is C16H13Cl2NO3S. The van der Waals surface area contributed by atoms with E-state index < -0.39 is 18.5 Å². The molecule has 4 nitrogen and oxygen atoms in total. The Kier molecular flexibility index (Phi) is 6.33. The third kappa shape index (κ3) is 5.46. The third-order valence-electron chi connectivity index (χ3n) is 2.79. The van der Waals surface area contributed by atoms with E-state index in [2.05, 4.69) is 5.32 Å². The van der Waals surface area contributed by atoms with Crippen molar-refractivity contribution in [2.45, 2.75) is 4.90 Å². The van der Waals surface area contributed by atoms with Gasteiger partial charge in [-0.15, -0.1) is 11.8 Å². The molecule has 1 N–H and O–H groups in total. The lowest BCUT2D eigenvalue weighted by molar-refractivity contribution is -0.119. The van der Waals surface area contributed by atoms with Crippen LogP contribution in [0.3, 0.4) is 0 Å². The number of halogens is 2. The maximum Gasteiger partial charge on any atom is 0.338 e. The van der Waals surface area contributed by atoms with Gasteiger partial charge < -0.3 is 10.1 Å². The molecule has 0 atom stereocenters. The summed E-state index contributed by atoms with van der Waals surface area (Å²) in [6.45, 7) is -0.396. The predicted molar refractivity (Wildman–Crippen MR) is 93.6 cm³/mol. The highest BCUT2D eigenvalue weighted by atomic mass is 35.5. The number of esters is 1. The first-order chi connectivity index (χ1) is 11.0. The van der Waals surface area contributed by atoms with Crippen molar-refractivity contribution in [2.24, 2.45) is 0 Å². The summed E-state index contributed by atoms with van der Waals surface area (Å²) in [6, 6.07) is 11.7. The fraction of sp³-hybridized carbons (Fsp3) is 0.125. The number of nitrogens with one attached hydrogen (secondary N) is 1. The predicted octanol–water partition coefficient (Wildman–Crippen LogP) is 4.51. The van der Waals surface area contributed by atoms with Gasteiger partial charge >= 0.3 is 5.97 Å². The number of rotatable bonds is 5. The summed E-state index contributed by atoms with van der Waals surface area (Å²) in [4.78, 5) is 24.7. The Morgan fingerprint density at radius 1 is 1.13 bits per heavy atom. The highest BCUT2D eigenvalue weighted by Gasteiger charge is 2.12. The van der Waals surface area contributed by atoms with Gasteiger partial charge in [-0.1, -0.05) is 29.3 Å². The minimum Gasteiger partial charge on any atom is -0.452 e. The van der Waals surface area contributed by atoms with E-state index in [0.29, 0.717) is 15.7 Å². The van der Waals surface area contributed by atoms with Crippen LogP contribution in [-0.2, 0) is 9.53 Å². The van der Waals surface area contributed by atoms with Crippen molar-refractivity contribution in [3.8, 4) is 0 Å². The van der Waals surface area contributed by atoms with E-state index in [1.165, 1.54) is 18.2 Å². The van der Waals surface area contributed by atoms with Crippen LogP contribution in [0.25, 0.3) is 0 Å². The molecule has 2 aromatic carbocycles. The molecule has 0 bridgehead atoms. The van der Waals surface area contributed by atoms with E-state index in [0.717, 1.165) is 4.90 Å². The molecule has 120 valence electrons. The number of hydrogen-bond acceptors (Lipinski definition) is 4. The molecule has 0 aliphatic rings. The van der Waals surface area contributed by atoms with Crippen LogP contribution in [0.1, 0.15) is 10.4 Å². The van der Waals surface area contributed by atoms with E-state index in [1.807, 2.05) is 24.5 Å². The second-order valence-corrected chi connectivity index (χ2v) is 6.27. The number of benzene rings is 2. The van der Waals surface area contributed by atoms with Gasteiger partial charge in [-0.2, -0.15) is 0 Å². The number of carbonyl (C=O) groups excluding carboxylic acids is 2. The molecule has 2 rings (SSSR count). The zero-order valence-corrected chi connectivity index (χ0v) is 14.5. The van der Waals surface area contributed by atoms with Crippen molar-refractivity contribution in [1.29, 1.82) is 0 Å². The molecule has 0 saturated heterocycles. The normalized spacial score (nSPS) is 10.2. The fourth-order valence-electron chi connectivity index (χ4n) is 1.78. The van der Waals surface area contributed by atoms with Gasteiger partial charge in [0.2, 0.25) is 0 Å². The van der Waals surface area contributed by atoms with Crippen molar-refractivity contribution < 1.29 is 14.3 Å². The maximum atomic E-state index is 11.9. The Bertz CT molecular complexity index is 717. The van der Waals surface area contributed by atoms with Crippen LogP contribution < -0.4 is 5.32 Å². The number of hydrogen-bond donors (Lipinski definition) is 1. The standard InChI is InChI=1S/C16H13Cl2NO3S/c1-23-14-4-2-3-13(8-14)19-15(20)9-22-16(21)10-5-11(17)7-12(18)6-10/h2-8H,9H2,1H3,(H,19,20). The Morgan fingerprint density at radius 3 is 2.48 bits per heavy atom. The molecule has 0 fully saturated rings. The summed E-state index contributed by atoms with van der Waals surface area (Å²) >= 11 is 13.2. The first-order valence-electron chi connectivity index (χ1n) is 6.55. The first kappa shape index (κ1) is 17.7. The monoisotopic (exact) mass is 369 g/mol. The molecular weight excluding hydrogens is 357 g/mol. The summed E-state index contributed by atoms with van der Waals surface area (Å²) in [6.07, 6.45) is 1.94. The molecule has 0 aromatic heterocycles. The van der Waals surface area contributed by atoms with Gasteiger partial charge in [0, 0.05) is 20.6 Å². The minimum absolute atomic E-state index is 0.194. The van der Waals surface area contributed by atoms with E-state index in [4.69, 9.17) is 27.9 Å². The van der Waals surface area contributed by atoms with Crippen molar-refractivity contribution >= 4 is 52.5 Å². The zero-order valence-electron chi connectivity index (χ0n) is 12.1. The van der Waals surface area contributed by atoms with Crippen molar-refractivity contribution in [3.05, 3.63) is 58.1 Å². The average molecular weight is 370 g/mol. The van der Waals surface area contributed by atoms with Gasteiger partial charge in [-0.3, -0.25) is 4.79 Å². The van der Waals surface area contributed by atoms with E-state index in [-0.39, 0.29) is 5.56 Å². The third-order valence-corrected chi connectivity index (χ3v) is 3.95. The van der Waals surface area contributed by atoms with Gasteiger partial charge in [-0.25, -0.2) is 4.79 Å². The van der Waals surface area contributed by atoms with E-state index in [1.54, 1.807) is 17.8 Å². The smallest absolute Gasteiger partial charge is 0.338 e. The highest BCUT2D eigenvalue weighted by molar-refractivity contribution is 7.98. The molecule has 0 heterocycles. The molecule has 2 aromatic rings. The molecule has 0 spiro atoms. The van der Waals surface area contributed by atoms with Crippen LogP contribution >= 0.6 is 35.0 Å². The van der Waals surface area contributed by atoms with Gasteiger partial charge in [0.15, 0.2) is 6.61 Å². The summed E-state index contributed by atoms with van der Waals surface area (Å²) in [5, 5.41) is 3.31. The summed E-state index contributed by atoms with van der Waals surface area (Å²) in [7, 11) is 0. The topological polar surface area (TPSA) is 55.4 Å². The summed E-state index contributed by atoms with van der Waals surface area (Å²) in [5.74, 6) is -1.09. The number of ether oxygens (including phenoxy) is 1. The first-order valence-corrected chi connectivity index (χ1v) is 8.53. The second-order valence-electron chi connectivity index (χ2n) is 4.51. The average Bonchev–Trinajstić information content (AvgIpc) is 2.51. The molecule has 1 amide bonds. The number of anilines is 1. The Balaban J connectivity index is 1.92. The lowest BCUT2D eigenvalue weighted by Crippen LogP contribution is -2.20. The summed E-state index contributed by atoms with van der Waals surface area (Å²) < 4.78 is 4.96. The van der Waals surface area contributed by atoms with Crippen LogP contribution in [0.15, 0.2) is 47.4 Å². The Labute approximate surface area is 148 Å². The number of thioether (sulfide) groups is 1. The Morgan fingerprint density at radius 2 is 1.83 bits per heavy atom.